The Morgan fingerprint density at radius 2 is 2.21 bits per heavy atom. The number of benzene rings is 1. The topological polar surface area (TPSA) is 12.0 Å². The molecule has 1 aliphatic rings. The monoisotopic (exact) mass is 231 g/mol. The van der Waals surface area contributed by atoms with Crippen LogP contribution in [0.25, 0.3) is 0 Å². The molecule has 1 nitrogen and oxygen atoms in total. The van der Waals surface area contributed by atoms with Gasteiger partial charge in [0.05, 0.1) is 0 Å². The van der Waals surface area contributed by atoms with Crippen LogP contribution in [0.3, 0.4) is 0 Å². The lowest BCUT2D eigenvalue weighted by Gasteiger charge is -2.12. The standard InChI is InChI=1S/C11H14ClN.ClH/c1-8-7-13-6-5-10-9(8)3-2-4-11(10)12;/h2-4,8,13H,5-7H2,1H3;1H/t8-;/m0./s1. The molecule has 1 atom stereocenters. The fourth-order valence-corrected chi connectivity index (χ4v) is 2.22. The maximum absolute atomic E-state index is 6.15. The van der Waals surface area contributed by atoms with Gasteiger partial charge in [0.2, 0.25) is 0 Å². The van der Waals surface area contributed by atoms with E-state index < -0.39 is 0 Å². The van der Waals surface area contributed by atoms with Gasteiger partial charge < -0.3 is 5.32 Å². The second-order valence-electron chi connectivity index (χ2n) is 3.66. The van der Waals surface area contributed by atoms with Crippen molar-refractivity contribution in [2.24, 2.45) is 0 Å². The molecule has 0 saturated heterocycles. The van der Waals surface area contributed by atoms with Crippen LogP contribution in [0.2, 0.25) is 5.02 Å². The average Bonchev–Trinajstić information content (AvgIpc) is 2.30. The van der Waals surface area contributed by atoms with Gasteiger partial charge in [-0.25, -0.2) is 0 Å². The number of halogens is 2. The van der Waals surface area contributed by atoms with Gasteiger partial charge in [0.15, 0.2) is 0 Å². The zero-order valence-corrected chi connectivity index (χ0v) is 9.79. The Balaban J connectivity index is 0.000000980. The summed E-state index contributed by atoms with van der Waals surface area (Å²) in [4.78, 5) is 0. The molecule has 0 spiro atoms. The fraction of sp³-hybridized carbons (Fsp3) is 0.455. The predicted molar refractivity (Wildman–Crippen MR) is 63.7 cm³/mol. The number of hydrogen-bond donors (Lipinski definition) is 1. The van der Waals surface area contributed by atoms with Gasteiger partial charge in [0.1, 0.15) is 0 Å². The first-order chi connectivity index (χ1) is 6.29. The van der Waals surface area contributed by atoms with Crippen LogP contribution in [0, 0.1) is 0 Å². The van der Waals surface area contributed by atoms with Gasteiger partial charge in [-0.15, -0.1) is 12.4 Å². The molecule has 0 aliphatic carbocycles. The van der Waals surface area contributed by atoms with Crippen LogP contribution in [-0.2, 0) is 6.42 Å². The van der Waals surface area contributed by atoms with E-state index in [2.05, 4.69) is 18.3 Å². The van der Waals surface area contributed by atoms with Crippen molar-refractivity contribution in [3.63, 3.8) is 0 Å². The lowest BCUT2D eigenvalue weighted by atomic mass is 9.95. The smallest absolute Gasteiger partial charge is 0.0441 e. The first-order valence-corrected chi connectivity index (χ1v) is 5.15. The molecule has 1 heterocycles. The Hall–Kier alpha value is -0.240. The van der Waals surface area contributed by atoms with E-state index in [1.54, 1.807) is 0 Å². The summed E-state index contributed by atoms with van der Waals surface area (Å²) in [5.41, 5.74) is 2.75. The first kappa shape index (κ1) is 11.8. The molecular formula is C11H15Cl2N. The number of rotatable bonds is 0. The zero-order chi connectivity index (χ0) is 9.26. The predicted octanol–water partition coefficient (Wildman–Crippen LogP) is 3.01. The van der Waals surface area contributed by atoms with Crippen molar-refractivity contribution < 1.29 is 0 Å². The number of nitrogens with one attached hydrogen (secondary N) is 1. The van der Waals surface area contributed by atoms with Gasteiger partial charge in [-0.1, -0.05) is 30.7 Å². The van der Waals surface area contributed by atoms with Crippen LogP contribution in [-0.4, -0.2) is 13.1 Å². The molecule has 0 bridgehead atoms. The molecule has 0 unspecified atom stereocenters. The molecule has 1 aliphatic heterocycles. The van der Waals surface area contributed by atoms with E-state index in [0.29, 0.717) is 5.92 Å². The highest BCUT2D eigenvalue weighted by molar-refractivity contribution is 6.31. The fourth-order valence-electron chi connectivity index (χ4n) is 1.94. The van der Waals surface area contributed by atoms with Crippen molar-refractivity contribution in [3.8, 4) is 0 Å². The van der Waals surface area contributed by atoms with E-state index >= 15 is 0 Å². The molecular weight excluding hydrogens is 217 g/mol. The summed E-state index contributed by atoms with van der Waals surface area (Å²) in [6.07, 6.45) is 1.05. The van der Waals surface area contributed by atoms with Gasteiger partial charge in [-0.2, -0.15) is 0 Å². The van der Waals surface area contributed by atoms with Crippen molar-refractivity contribution in [2.45, 2.75) is 19.3 Å². The van der Waals surface area contributed by atoms with Crippen LogP contribution in [0.4, 0.5) is 0 Å². The molecule has 1 aromatic rings. The second kappa shape index (κ2) is 5.01. The quantitative estimate of drug-likeness (QED) is 0.725. The largest absolute Gasteiger partial charge is 0.316 e. The highest BCUT2D eigenvalue weighted by atomic mass is 35.5. The van der Waals surface area contributed by atoms with E-state index in [4.69, 9.17) is 11.6 Å². The maximum Gasteiger partial charge on any atom is 0.0441 e. The minimum absolute atomic E-state index is 0. The molecule has 0 radical (unpaired) electrons. The van der Waals surface area contributed by atoms with E-state index in [1.807, 2.05) is 12.1 Å². The molecule has 2 rings (SSSR count). The van der Waals surface area contributed by atoms with Gasteiger partial charge in [-0.05, 0) is 36.1 Å². The van der Waals surface area contributed by atoms with Crippen molar-refractivity contribution in [1.82, 2.24) is 5.32 Å². The van der Waals surface area contributed by atoms with Crippen molar-refractivity contribution in [2.75, 3.05) is 13.1 Å². The minimum atomic E-state index is 0. The third kappa shape index (κ3) is 2.22. The first-order valence-electron chi connectivity index (χ1n) is 4.77. The van der Waals surface area contributed by atoms with Gasteiger partial charge >= 0.3 is 0 Å². The van der Waals surface area contributed by atoms with Gasteiger partial charge in [-0.3, -0.25) is 0 Å². The molecule has 1 aromatic carbocycles. The summed E-state index contributed by atoms with van der Waals surface area (Å²) >= 11 is 6.15. The summed E-state index contributed by atoms with van der Waals surface area (Å²) in [5, 5.41) is 4.34. The normalized spacial score (nSPS) is 20.6. The highest BCUT2D eigenvalue weighted by Gasteiger charge is 2.15. The van der Waals surface area contributed by atoms with E-state index in [9.17, 15) is 0 Å². The average molecular weight is 232 g/mol. The van der Waals surface area contributed by atoms with Crippen LogP contribution in [0.15, 0.2) is 18.2 Å². The maximum atomic E-state index is 6.15. The van der Waals surface area contributed by atoms with E-state index in [1.165, 1.54) is 11.1 Å². The van der Waals surface area contributed by atoms with Crippen LogP contribution < -0.4 is 5.32 Å². The Bertz CT molecular complexity index is 312. The van der Waals surface area contributed by atoms with E-state index in [-0.39, 0.29) is 12.4 Å². The van der Waals surface area contributed by atoms with Crippen LogP contribution >= 0.6 is 24.0 Å². The molecule has 0 saturated carbocycles. The van der Waals surface area contributed by atoms with Crippen molar-refractivity contribution in [1.29, 1.82) is 0 Å². The molecule has 14 heavy (non-hydrogen) atoms. The Labute approximate surface area is 96.3 Å². The molecule has 78 valence electrons. The van der Waals surface area contributed by atoms with E-state index in [0.717, 1.165) is 24.5 Å². The lowest BCUT2D eigenvalue weighted by molar-refractivity contribution is 0.644. The second-order valence-corrected chi connectivity index (χ2v) is 4.07. The highest BCUT2D eigenvalue weighted by Crippen LogP contribution is 2.27. The SMILES string of the molecule is C[C@H]1CNCCc2c(Cl)cccc21.Cl. The Kier molecular flexibility index (Phi) is 4.24. The third-order valence-corrected chi connectivity index (χ3v) is 3.04. The summed E-state index contributed by atoms with van der Waals surface area (Å²) in [6.45, 7) is 4.35. The molecule has 0 amide bonds. The number of hydrogen-bond acceptors (Lipinski definition) is 1. The van der Waals surface area contributed by atoms with Crippen LogP contribution in [0.1, 0.15) is 24.0 Å². The minimum Gasteiger partial charge on any atom is -0.316 e. The summed E-state index contributed by atoms with van der Waals surface area (Å²) < 4.78 is 0. The Morgan fingerprint density at radius 3 is 3.00 bits per heavy atom. The van der Waals surface area contributed by atoms with Crippen molar-refractivity contribution in [3.05, 3.63) is 34.3 Å². The molecule has 0 fully saturated rings. The lowest BCUT2D eigenvalue weighted by Crippen LogP contribution is -2.18. The summed E-state index contributed by atoms with van der Waals surface area (Å²) in [5.74, 6) is 0.580. The zero-order valence-electron chi connectivity index (χ0n) is 8.22. The summed E-state index contributed by atoms with van der Waals surface area (Å²) in [6, 6.07) is 6.22. The summed E-state index contributed by atoms with van der Waals surface area (Å²) in [7, 11) is 0. The third-order valence-electron chi connectivity index (χ3n) is 2.69. The van der Waals surface area contributed by atoms with Gasteiger partial charge in [0.25, 0.3) is 0 Å². The van der Waals surface area contributed by atoms with Crippen molar-refractivity contribution >= 4 is 24.0 Å². The molecule has 0 aromatic heterocycles. The molecule has 3 heteroatoms. The number of fused-ring (bicyclic) bond motifs is 1. The van der Waals surface area contributed by atoms with Gasteiger partial charge in [0, 0.05) is 11.6 Å². The molecule has 1 N–H and O–H groups in total. The Morgan fingerprint density at radius 1 is 1.43 bits per heavy atom. The van der Waals surface area contributed by atoms with Crippen LogP contribution in [0.5, 0.6) is 0 Å².